The van der Waals surface area contributed by atoms with Gasteiger partial charge in [-0.15, -0.1) is 0 Å². The van der Waals surface area contributed by atoms with E-state index in [-0.39, 0.29) is 17.2 Å². The van der Waals surface area contributed by atoms with Gasteiger partial charge in [-0.25, -0.2) is 8.42 Å². The highest BCUT2D eigenvalue weighted by atomic mass is 32.2. The number of aryl methyl sites for hydroxylation is 1. The van der Waals surface area contributed by atoms with Crippen molar-refractivity contribution in [3.63, 3.8) is 0 Å². The molecule has 0 bridgehead atoms. The minimum Gasteiger partial charge on any atom is -0.508 e. The van der Waals surface area contributed by atoms with Crippen LogP contribution in [0.25, 0.3) is 0 Å². The van der Waals surface area contributed by atoms with Crippen LogP contribution in [0.5, 0.6) is 5.75 Å². The predicted molar refractivity (Wildman–Crippen MR) is 133 cm³/mol. The third-order valence-electron chi connectivity index (χ3n) is 6.25. The van der Waals surface area contributed by atoms with Crippen LogP contribution in [-0.2, 0) is 23.0 Å². The molecule has 1 aliphatic rings. The summed E-state index contributed by atoms with van der Waals surface area (Å²) in [5.74, 6) is 0.156. The van der Waals surface area contributed by atoms with E-state index in [9.17, 15) is 13.5 Å². The Bertz CT molecular complexity index is 1110. The molecule has 0 heterocycles. The Hall–Kier alpha value is -2.83. The summed E-state index contributed by atoms with van der Waals surface area (Å²) in [6.45, 7) is 1.20. The molecule has 0 aliphatic heterocycles. The van der Waals surface area contributed by atoms with Crippen LogP contribution in [0.3, 0.4) is 0 Å². The predicted octanol–water partition coefficient (Wildman–Crippen LogP) is 5.25. The summed E-state index contributed by atoms with van der Waals surface area (Å²) in [7, 11) is -3.74. The summed E-state index contributed by atoms with van der Waals surface area (Å²) in [4.78, 5) is 0.255. The summed E-state index contributed by atoms with van der Waals surface area (Å²) in [6, 6.07) is 23.6. The van der Waals surface area contributed by atoms with Crippen molar-refractivity contribution in [3.8, 4) is 5.75 Å². The van der Waals surface area contributed by atoms with Gasteiger partial charge in [0.15, 0.2) is 0 Å². The van der Waals surface area contributed by atoms with Crippen molar-refractivity contribution in [1.29, 1.82) is 0 Å². The van der Waals surface area contributed by atoms with Crippen LogP contribution in [0.2, 0.25) is 0 Å². The van der Waals surface area contributed by atoms with Crippen molar-refractivity contribution in [2.45, 2.75) is 56.0 Å². The van der Waals surface area contributed by atoms with E-state index >= 15 is 0 Å². The largest absolute Gasteiger partial charge is 0.508 e. The maximum atomic E-state index is 13.5. The van der Waals surface area contributed by atoms with Gasteiger partial charge in [0.25, 0.3) is 10.0 Å². The Labute approximate surface area is 197 Å². The van der Waals surface area contributed by atoms with E-state index in [0.717, 1.165) is 24.9 Å². The van der Waals surface area contributed by atoms with Crippen molar-refractivity contribution >= 4 is 15.7 Å². The van der Waals surface area contributed by atoms with Gasteiger partial charge in [-0.2, -0.15) is 0 Å². The van der Waals surface area contributed by atoms with Crippen molar-refractivity contribution in [1.82, 2.24) is 5.32 Å². The first-order valence-corrected chi connectivity index (χ1v) is 13.1. The molecule has 0 saturated heterocycles. The second-order valence-electron chi connectivity index (χ2n) is 8.70. The summed E-state index contributed by atoms with van der Waals surface area (Å²) in [5.41, 5.74) is 2.63. The van der Waals surface area contributed by atoms with Gasteiger partial charge >= 0.3 is 0 Å². The van der Waals surface area contributed by atoms with Gasteiger partial charge in [0, 0.05) is 6.04 Å². The topological polar surface area (TPSA) is 69.6 Å². The quantitative estimate of drug-likeness (QED) is 0.402. The molecule has 0 radical (unpaired) electrons. The molecule has 5 nitrogen and oxygen atoms in total. The molecule has 0 unspecified atom stereocenters. The molecule has 3 aromatic rings. The van der Waals surface area contributed by atoms with E-state index in [4.69, 9.17) is 0 Å². The Kier molecular flexibility index (Phi) is 7.68. The van der Waals surface area contributed by atoms with E-state index in [2.05, 4.69) is 5.32 Å². The number of sulfonamides is 1. The minimum absolute atomic E-state index is 0.156. The van der Waals surface area contributed by atoms with Gasteiger partial charge in [0.05, 0.1) is 17.1 Å². The third-order valence-corrected chi connectivity index (χ3v) is 8.04. The number of benzene rings is 3. The van der Waals surface area contributed by atoms with E-state index in [1.165, 1.54) is 35.6 Å². The highest BCUT2D eigenvalue weighted by Gasteiger charge is 2.25. The second kappa shape index (κ2) is 10.9. The number of hydrogen-bond acceptors (Lipinski definition) is 4. The Morgan fingerprint density at radius 3 is 2.15 bits per heavy atom. The number of anilines is 1. The van der Waals surface area contributed by atoms with E-state index in [1.807, 2.05) is 24.3 Å². The Morgan fingerprint density at radius 2 is 1.48 bits per heavy atom. The van der Waals surface area contributed by atoms with Gasteiger partial charge < -0.3 is 10.4 Å². The lowest BCUT2D eigenvalue weighted by molar-refractivity contribution is 0.475. The molecule has 3 aromatic carbocycles. The van der Waals surface area contributed by atoms with Gasteiger partial charge in [-0.3, -0.25) is 4.31 Å². The second-order valence-corrected chi connectivity index (χ2v) is 10.6. The molecule has 2 N–H and O–H groups in total. The van der Waals surface area contributed by atoms with Crippen LogP contribution in [0, 0.1) is 0 Å². The fourth-order valence-electron chi connectivity index (χ4n) is 4.36. The third kappa shape index (κ3) is 6.15. The molecule has 4 rings (SSSR count). The van der Waals surface area contributed by atoms with Crippen molar-refractivity contribution in [2.75, 3.05) is 10.8 Å². The zero-order chi connectivity index (χ0) is 23.1. The highest BCUT2D eigenvalue weighted by molar-refractivity contribution is 7.92. The SMILES string of the molecule is O=S(=O)(c1ccccc1)N(Cc1ccc(O)cc1)c1ccc(CCCNC2CCCC2)cc1. The molecule has 1 saturated carbocycles. The van der Waals surface area contributed by atoms with Crippen LogP contribution in [0.4, 0.5) is 5.69 Å². The highest BCUT2D eigenvalue weighted by Crippen LogP contribution is 2.27. The van der Waals surface area contributed by atoms with Crippen LogP contribution < -0.4 is 9.62 Å². The molecule has 0 atom stereocenters. The van der Waals surface area contributed by atoms with Crippen molar-refractivity contribution in [3.05, 3.63) is 90.0 Å². The molecule has 33 heavy (non-hydrogen) atoms. The lowest BCUT2D eigenvalue weighted by Crippen LogP contribution is -2.30. The maximum Gasteiger partial charge on any atom is 0.264 e. The lowest BCUT2D eigenvalue weighted by atomic mass is 10.1. The summed E-state index contributed by atoms with van der Waals surface area (Å²) in [5, 5.41) is 13.2. The monoisotopic (exact) mass is 464 g/mol. The summed E-state index contributed by atoms with van der Waals surface area (Å²) >= 11 is 0. The molecule has 0 amide bonds. The first kappa shape index (κ1) is 23.3. The average molecular weight is 465 g/mol. The maximum absolute atomic E-state index is 13.5. The van der Waals surface area contributed by atoms with Gasteiger partial charge in [-0.1, -0.05) is 55.3 Å². The van der Waals surface area contributed by atoms with Crippen LogP contribution in [0.1, 0.15) is 43.2 Å². The zero-order valence-electron chi connectivity index (χ0n) is 18.9. The molecule has 1 fully saturated rings. The number of hydrogen-bond donors (Lipinski definition) is 2. The molecular weight excluding hydrogens is 432 g/mol. The number of rotatable bonds is 10. The molecule has 0 aromatic heterocycles. The van der Waals surface area contributed by atoms with Crippen LogP contribution in [0.15, 0.2) is 83.8 Å². The van der Waals surface area contributed by atoms with Crippen LogP contribution >= 0.6 is 0 Å². The molecule has 1 aliphatic carbocycles. The normalized spacial score (nSPS) is 14.4. The number of aromatic hydroxyl groups is 1. The summed E-state index contributed by atoms with van der Waals surface area (Å²) < 4.78 is 28.4. The average Bonchev–Trinajstić information content (AvgIpc) is 3.36. The van der Waals surface area contributed by atoms with E-state index in [1.54, 1.807) is 54.6 Å². The van der Waals surface area contributed by atoms with Gasteiger partial charge in [0.1, 0.15) is 5.75 Å². The molecule has 174 valence electrons. The minimum atomic E-state index is -3.74. The zero-order valence-corrected chi connectivity index (χ0v) is 19.7. The van der Waals surface area contributed by atoms with Gasteiger partial charge in [0.2, 0.25) is 0 Å². The fourth-order valence-corrected chi connectivity index (χ4v) is 5.83. The fraction of sp³-hybridized carbons (Fsp3) is 0.333. The first-order valence-electron chi connectivity index (χ1n) is 11.7. The van der Waals surface area contributed by atoms with E-state index in [0.29, 0.717) is 11.7 Å². The Morgan fingerprint density at radius 1 is 0.848 bits per heavy atom. The molecular formula is C27H32N2O3S. The molecule has 6 heteroatoms. The number of nitrogens with zero attached hydrogens (tertiary/aromatic N) is 1. The number of nitrogens with one attached hydrogen (secondary N) is 1. The van der Waals surface area contributed by atoms with Gasteiger partial charge in [-0.05, 0) is 79.8 Å². The van der Waals surface area contributed by atoms with Crippen LogP contribution in [-0.4, -0.2) is 26.1 Å². The summed E-state index contributed by atoms with van der Waals surface area (Å²) in [6.07, 6.45) is 7.29. The van der Waals surface area contributed by atoms with E-state index < -0.39 is 10.0 Å². The number of phenolic OH excluding ortho intramolecular Hbond substituents is 1. The first-order chi connectivity index (χ1) is 16.0. The molecule has 0 spiro atoms. The Balaban J connectivity index is 1.49. The van der Waals surface area contributed by atoms with Crippen molar-refractivity contribution in [2.24, 2.45) is 0 Å². The number of phenols is 1. The van der Waals surface area contributed by atoms with Crippen molar-refractivity contribution < 1.29 is 13.5 Å². The lowest BCUT2D eigenvalue weighted by Gasteiger charge is -2.25. The standard InChI is InChI=1S/C27H32N2O3S/c30-26-18-14-23(15-19-26)21-29(33(31,32)27-10-2-1-3-11-27)25-16-12-22(13-17-25)7-6-20-28-24-8-4-5-9-24/h1-3,10-19,24,28,30H,4-9,20-21H2. The smallest absolute Gasteiger partial charge is 0.264 e.